The van der Waals surface area contributed by atoms with Crippen LogP contribution in [0.25, 0.3) is 11.4 Å². The molecule has 0 saturated carbocycles. The molecule has 3 aromatic rings. The van der Waals surface area contributed by atoms with E-state index in [9.17, 15) is 10.1 Å². The first kappa shape index (κ1) is 18.4. The van der Waals surface area contributed by atoms with Gasteiger partial charge in [-0.3, -0.25) is 4.79 Å². The molecule has 1 heterocycles. The van der Waals surface area contributed by atoms with Crippen molar-refractivity contribution in [1.29, 1.82) is 5.26 Å². The molecule has 4 heteroatoms. The average molecular weight is 391 g/mol. The van der Waals surface area contributed by atoms with Crippen molar-refractivity contribution in [1.82, 2.24) is 9.97 Å². The number of nitrogens with zero attached hydrogens (tertiary/aromatic N) is 3. The van der Waals surface area contributed by atoms with Crippen LogP contribution < -0.4 is 0 Å². The maximum Gasteiger partial charge on any atom is 0.176 e. The smallest absolute Gasteiger partial charge is 0.176 e. The zero-order chi connectivity index (χ0) is 20.7. The molecule has 30 heavy (non-hydrogen) atoms. The number of rotatable bonds is 2. The SMILES string of the molecule is C[C@@H]1C(=O)C(C#N)=CC2(c3ccccc3)c3nc(-c4ccccc4)ncc3CCC12. The lowest BCUT2D eigenvalue weighted by molar-refractivity contribution is -0.121. The van der Waals surface area contributed by atoms with Gasteiger partial charge in [0.25, 0.3) is 0 Å². The number of hydrogen-bond acceptors (Lipinski definition) is 4. The normalized spacial score (nSPS) is 24.9. The Kier molecular flexibility index (Phi) is 4.33. The van der Waals surface area contributed by atoms with Crippen molar-refractivity contribution in [3.8, 4) is 17.5 Å². The van der Waals surface area contributed by atoms with E-state index in [-0.39, 0.29) is 23.2 Å². The van der Waals surface area contributed by atoms with Crippen LogP contribution in [0.15, 0.2) is 78.5 Å². The molecular weight excluding hydrogens is 370 g/mol. The Balaban J connectivity index is 1.83. The molecule has 2 aliphatic carbocycles. The van der Waals surface area contributed by atoms with Gasteiger partial charge >= 0.3 is 0 Å². The lowest BCUT2D eigenvalue weighted by Crippen LogP contribution is -2.48. The van der Waals surface area contributed by atoms with Crippen LogP contribution in [0.1, 0.15) is 30.2 Å². The van der Waals surface area contributed by atoms with Gasteiger partial charge in [-0.1, -0.05) is 67.6 Å². The first-order valence-electron chi connectivity index (χ1n) is 10.3. The zero-order valence-corrected chi connectivity index (χ0v) is 16.7. The van der Waals surface area contributed by atoms with Crippen molar-refractivity contribution < 1.29 is 4.79 Å². The van der Waals surface area contributed by atoms with E-state index in [0.29, 0.717) is 5.82 Å². The quantitative estimate of drug-likeness (QED) is 0.637. The summed E-state index contributed by atoms with van der Waals surface area (Å²) in [5.41, 5.74) is 3.65. The summed E-state index contributed by atoms with van der Waals surface area (Å²) < 4.78 is 0. The largest absolute Gasteiger partial charge is 0.293 e. The van der Waals surface area contributed by atoms with Crippen LogP contribution in [0.5, 0.6) is 0 Å². The second-order valence-corrected chi connectivity index (χ2v) is 8.14. The number of carbonyl (C=O) groups excluding carboxylic acids is 1. The van der Waals surface area contributed by atoms with Crippen molar-refractivity contribution in [2.45, 2.75) is 25.2 Å². The fourth-order valence-corrected chi connectivity index (χ4v) is 5.17. The molecule has 2 aromatic carbocycles. The Hall–Kier alpha value is -3.58. The third-order valence-corrected chi connectivity index (χ3v) is 6.62. The van der Waals surface area contributed by atoms with Crippen LogP contribution in [0.4, 0.5) is 0 Å². The molecule has 0 aliphatic heterocycles. The number of aryl methyl sites for hydroxylation is 1. The summed E-state index contributed by atoms with van der Waals surface area (Å²) >= 11 is 0. The molecule has 0 saturated heterocycles. The third kappa shape index (κ3) is 2.63. The summed E-state index contributed by atoms with van der Waals surface area (Å²) in [4.78, 5) is 22.6. The number of allylic oxidation sites excluding steroid dienone is 2. The number of benzene rings is 2. The number of aromatic nitrogens is 2. The van der Waals surface area contributed by atoms with Gasteiger partial charge in [0, 0.05) is 17.7 Å². The minimum absolute atomic E-state index is 0.0514. The molecule has 0 radical (unpaired) electrons. The van der Waals surface area contributed by atoms with Crippen LogP contribution in [0.2, 0.25) is 0 Å². The predicted molar refractivity (Wildman–Crippen MR) is 114 cm³/mol. The van der Waals surface area contributed by atoms with Crippen LogP contribution in [0.3, 0.4) is 0 Å². The van der Waals surface area contributed by atoms with E-state index < -0.39 is 5.41 Å². The van der Waals surface area contributed by atoms with Crippen molar-refractivity contribution in [3.05, 3.63) is 95.3 Å². The maximum absolute atomic E-state index is 12.9. The van der Waals surface area contributed by atoms with Gasteiger partial charge in [-0.05, 0) is 36.0 Å². The third-order valence-electron chi connectivity index (χ3n) is 6.62. The van der Waals surface area contributed by atoms with Gasteiger partial charge < -0.3 is 0 Å². The molecule has 0 bridgehead atoms. The van der Waals surface area contributed by atoms with Crippen LogP contribution in [-0.4, -0.2) is 15.8 Å². The topological polar surface area (TPSA) is 66.6 Å². The van der Waals surface area contributed by atoms with Gasteiger partial charge in [-0.15, -0.1) is 0 Å². The summed E-state index contributed by atoms with van der Waals surface area (Å²) in [6.45, 7) is 1.96. The summed E-state index contributed by atoms with van der Waals surface area (Å²) in [7, 11) is 0. The Morgan fingerprint density at radius 3 is 2.47 bits per heavy atom. The maximum atomic E-state index is 12.9. The van der Waals surface area contributed by atoms with E-state index in [1.807, 2.05) is 67.7 Å². The molecule has 5 rings (SSSR count). The molecule has 4 nitrogen and oxygen atoms in total. The van der Waals surface area contributed by atoms with Gasteiger partial charge in [0.05, 0.1) is 16.7 Å². The minimum Gasteiger partial charge on any atom is -0.293 e. The Labute approximate surface area is 175 Å². The second kappa shape index (κ2) is 7.03. The van der Waals surface area contributed by atoms with E-state index >= 15 is 0 Å². The zero-order valence-electron chi connectivity index (χ0n) is 16.7. The van der Waals surface area contributed by atoms with Gasteiger partial charge in [-0.25, -0.2) is 9.97 Å². The fraction of sp³-hybridized carbons (Fsp3) is 0.231. The first-order valence-corrected chi connectivity index (χ1v) is 10.3. The van der Waals surface area contributed by atoms with E-state index in [0.717, 1.165) is 35.2 Å². The highest BCUT2D eigenvalue weighted by molar-refractivity contribution is 6.02. The molecule has 1 aromatic heterocycles. The Morgan fingerprint density at radius 1 is 1.07 bits per heavy atom. The molecule has 2 unspecified atom stereocenters. The Bertz CT molecular complexity index is 1190. The predicted octanol–water partition coefficient (Wildman–Crippen LogP) is 4.66. The van der Waals surface area contributed by atoms with Crippen LogP contribution >= 0.6 is 0 Å². The monoisotopic (exact) mass is 391 g/mol. The van der Waals surface area contributed by atoms with Gasteiger partial charge in [0.1, 0.15) is 6.07 Å². The molecule has 146 valence electrons. The summed E-state index contributed by atoms with van der Waals surface area (Å²) in [5, 5.41) is 9.74. The van der Waals surface area contributed by atoms with Crippen molar-refractivity contribution in [2.24, 2.45) is 11.8 Å². The lowest BCUT2D eigenvalue weighted by atomic mass is 9.54. The van der Waals surface area contributed by atoms with Crippen LogP contribution in [-0.2, 0) is 16.6 Å². The highest BCUT2D eigenvalue weighted by atomic mass is 16.1. The lowest BCUT2D eigenvalue weighted by Gasteiger charge is -2.47. The van der Waals surface area contributed by atoms with Gasteiger partial charge in [0.2, 0.25) is 0 Å². The second-order valence-electron chi connectivity index (χ2n) is 8.14. The minimum atomic E-state index is -0.611. The van der Waals surface area contributed by atoms with Gasteiger partial charge in [-0.2, -0.15) is 5.26 Å². The number of nitriles is 1. The Morgan fingerprint density at radius 2 is 1.77 bits per heavy atom. The standard InChI is InChI=1S/C26H21N3O/c1-17-22-13-12-19-16-28-25(18-8-4-2-5-9-18)29-24(19)26(22,14-20(15-27)23(17)30)21-10-6-3-7-11-21/h2-11,14,16-17,22H,12-13H2,1H3/t17-,22?,26?/m0/s1. The van der Waals surface area contributed by atoms with E-state index in [4.69, 9.17) is 4.98 Å². The van der Waals surface area contributed by atoms with Crippen molar-refractivity contribution >= 4 is 5.78 Å². The summed E-state index contributed by atoms with van der Waals surface area (Å²) in [6.07, 6.45) is 5.50. The number of hydrogen-bond donors (Lipinski definition) is 0. The van der Waals surface area contributed by atoms with Crippen molar-refractivity contribution in [2.75, 3.05) is 0 Å². The number of carbonyl (C=O) groups is 1. The first-order chi connectivity index (χ1) is 14.6. The van der Waals surface area contributed by atoms with Crippen molar-refractivity contribution in [3.63, 3.8) is 0 Å². The molecule has 0 spiro atoms. The van der Waals surface area contributed by atoms with Gasteiger partial charge in [0.15, 0.2) is 11.6 Å². The number of fused-ring (bicyclic) bond motifs is 3. The highest BCUT2D eigenvalue weighted by Gasteiger charge is 2.52. The highest BCUT2D eigenvalue weighted by Crippen LogP contribution is 2.53. The summed E-state index contributed by atoms with van der Waals surface area (Å²) in [5.74, 6) is 0.417. The van der Waals surface area contributed by atoms with E-state index in [1.54, 1.807) is 0 Å². The molecule has 0 amide bonds. The molecule has 3 atom stereocenters. The van der Waals surface area contributed by atoms with E-state index in [1.165, 1.54) is 0 Å². The average Bonchev–Trinajstić information content (AvgIpc) is 2.82. The van der Waals surface area contributed by atoms with E-state index in [2.05, 4.69) is 23.2 Å². The molecular formula is C26H21N3O. The molecule has 2 aliphatic rings. The summed E-state index contributed by atoms with van der Waals surface area (Å²) in [6, 6.07) is 22.3. The number of Topliss-reactive ketones (excluding diaryl/α,β-unsaturated/α-hetero) is 1. The molecule has 0 N–H and O–H groups in total. The molecule has 0 fully saturated rings. The van der Waals surface area contributed by atoms with Crippen LogP contribution in [0, 0.1) is 23.2 Å². The fourth-order valence-electron chi connectivity index (χ4n) is 5.17. The number of ketones is 1.